The Labute approximate surface area is 260 Å². The Morgan fingerprint density at radius 2 is 1.58 bits per heavy atom. The monoisotopic (exact) mass is 625 g/mol. The van der Waals surface area contributed by atoms with Gasteiger partial charge in [0.05, 0.1) is 17.2 Å². The lowest BCUT2D eigenvalue weighted by Gasteiger charge is -2.33. The highest BCUT2D eigenvalue weighted by molar-refractivity contribution is 7.98. The molecular formula is C33H43N3O5S2. The van der Waals surface area contributed by atoms with Crippen molar-refractivity contribution in [1.82, 2.24) is 10.2 Å². The van der Waals surface area contributed by atoms with E-state index in [0.29, 0.717) is 37.4 Å². The Hall–Kier alpha value is -3.50. The average molecular weight is 626 g/mol. The van der Waals surface area contributed by atoms with Crippen molar-refractivity contribution in [2.45, 2.75) is 56.4 Å². The number of rotatable bonds is 16. The van der Waals surface area contributed by atoms with Gasteiger partial charge in [-0.1, -0.05) is 51.1 Å². The van der Waals surface area contributed by atoms with E-state index in [0.717, 1.165) is 14.8 Å². The van der Waals surface area contributed by atoms with Gasteiger partial charge in [-0.05, 0) is 86.0 Å². The molecule has 232 valence electrons. The molecule has 1 N–H and O–H groups in total. The third-order valence-electron chi connectivity index (χ3n) is 6.92. The van der Waals surface area contributed by atoms with E-state index in [1.165, 1.54) is 16.7 Å². The van der Waals surface area contributed by atoms with Crippen molar-refractivity contribution in [1.29, 1.82) is 0 Å². The SMILES string of the molecule is CCOc1ccc(N(CC(=O)N(CCc2ccccc2)[C@H](CC)C(=O)NCC(C)C)S(=O)(=O)c2ccc(SC)cc2)cc1. The van der Waals surface area contributed by atoms with Crippen molar-refractivity contribution in [2.75, 3.05) is 36.8 Å². The third kappa shape index (κ3) is 9.49. The summed E-state index contributed by atoms with van der Waals surface area (Å²) in [4.78, 5) is 30.0. The quantitative estimate of drug-likeness (QED) is 0.208. The molecule has 0 saturated carbocycles. The lowest BCUT2D eigenvalue weighted by Crippen LogP contribution is -2.53. The lowest BCUT2D eigenvalue weighted by atomic mass is 10.1. The van der Waals surface area contributed by atoms with Crippen LogP contribution in [0.2, 0.25) is 0 Å². The van der Waals surface area contributed by atoms with E-state index in [1.807, 2.05) is 64.3 Å². The average Bonchev–Trinajstić information content (AvgIpc) is 3.01. The van der Waals surface area contributed by atoms with Gasteiger partial charge in [0.15, 0.2) is 0 Å². The fraction of sp³-hybridized carbons (Fsp3) is 0.394. The number of hydrogen-bond acceptors (Lipinski definition) is 6. The molecule has 0 aliphatic heterocycles. The molecule has 0 unspecified atom stereocenters. The fourth-order valence-electron chi connectivity index (χ4n) is 4.60. The molecule has 0 aliphatic carbocycles. The van der Waals surface area contributed by atoms with Crippen LogP contribution in [0.5, 0.6) is 5.75 Å². The second-order valence-corrected chi connectivity index (χ2v) is 13.2. The van der Waals surface area contributed by atoms with Gasteiger partial charge in [0.2, 0.25) is 11.8 Å². The van der Waals surface area contributed by atoms with Crippen LogP contribution in [0, 0.1) is 5.92 Å². The van der Waals surface area contributed by atoms with Gasteiger partial charge in [-0.2, -0.15) is 0 Å². The summed E-state index contributed by atoms with van der Waals surface area (Å²) in [6.07, 6.45) is 2.82. The van der Waals surface area contributed by atoms with Crippen LogP contribution in [-0.4, -0.2) is 63.7 Å². The van der Waals surface area contributed by atoms with Gasteiger partial charge in [0, 0.05) is 18.0 Å². The van der Waals surface area contributed by atoms with E-state index in [1.54, 1.807) is 48.5 Å². The topological polar surface area (TPSA) is 96.0 Å². The molecule has 0 aromatic heterocycles. The van der Waals surface area contributed by atoms with Crippen molar-refractivity contribution in [2.24, 2.45) is 5.92 Å². The molecule has 0 fully saturated rings. The number of carbonyl (C=O) groups excluding carboxylic acids is 2. The first-order valence-electron chi connectivity index (χ1n) is 14.6. The Morgan fingerprint density at radius 3 is 2.14 bits per heavy atom. The van der Waals surface area contributed by atoms with E-state index in [-0.39, 0.29) is 23.3 Å². The van der Waals surface area contributed by atoms with E-state index in [9.17, 15) is 18.0 Å². The molecule has 3 rings (SSSR count). The molecule has 0 radical (unpaired) electrons. The van der Waals surface area contributed by atoms with Crippen molar-refractivity contribution < 1.29 is 22.7 Å². The molecule has 0 saturated heterocycles. The lowest BCUT2D eigenvalue weighted by molar-refractivity contribution is -0.139. The van der Waals surface area contributed by atoms with Crippen LogP contribution in [0.25, 0.3) is 0 Å². The summed E-state index contributed by atoms with van der Waals surface area (Å²) in [5.41, 5.74) is 1.34. The predicted molar refractivity (Wildman–Crippen MR) is 174 cm³/mol. The highest BCUT2D eigenvalue weighted by Crippen LogP contribution is 2.28. The first-order chi connectivity index (χ1) is 20.6. The molecular weight excluding hydrogens is 583 g/mol. The van der Waals surface area contributed by atoms with Gasteiger partial charge < -0.3 is 15.0 Å². The van der Waals surface area contributed by atoms with Crippen LogP contribution < -0.4 is 14.4 Å². The van der Waals surface area contributed by atoms with Crippen molar-refractivity contribution in [3.8, 4) is 5.75 Å². The summed E-state index contributed by atoms with van der Waals surface area (Å²) in [6, 6.07) is 22.2. The Morgan fingerprint density at radius 1 is 0.930 bits per heavy atom. The molecule has 0 spiro atoms. The minimum absolute atomic E-state index is 0.0736. The maximum Gasteiger partial charge on any atom is 0.264 e. The van der Waals surface area contributed by atoms with Crippen molar-refractivity contribution >= 4 is 39.3 Å². The zero-order valence-electron chi connectivity index (χ0n) is 25.7. The van der Waals surface area contributed by atoms with Crippen LogP contribution in [-0.2, 0) is 26.0 Å². The Kier molecular flexibility index (Phi) is 12.9. The van der Waals surface area contributed by atoms with Crippen LogP contribution >= 0.6 is 11.8 Å². The zero-order chi connectivity index (χ0) is 31.4. The molecule has 8 nitrogen and oxygen atoms in total. The van der Waals surface area contributed by atoms with E-state index >= 15 is 0 Å². The molecule has 10 heteroatoms. The first-order valence-corrected chi connectivity index (χ1v) is 17.3. The number of amides is 2. The number of hydrogen-bond donors (Lipinski definition) is 1. The molecule has 0 aliphatic rings. The van der Waals surface area contributed by atoms with Gasteiger partial charge in [-0.15, -0.1) is 11.8 Å². The maximum absolute atomic E-state index is 14.2. The summed E-state index contributed by atoms with van der Waals surface area (Å²) in [5.74, 6) is 0.130. The number of nitrogens with one attached hydrogen (secondary N) is 1. The van der Waals surface area contributed by atoms with Crippen LogP contribution in [0.4, 0.5) is 5.69 Å². The van der Waals surface area contributed by atoms with Crippen molar-refractivity contribution in [3.05, 3.63) is 84.4 Å². The molecule has 3 aromatic carbocycles. The summed E-state index contributed by atoms with van der Waals surface area (Å²) in [7, 11) is -4.14. The molecule has 1 atom stereocenters. The summed E-state index contributed by atoms with van der Waals surface area (Å²) >= 11 is 1.51. The molecule has 0 heterocycles. The smallest absolute Gasteiger partial charge is 0.264 e. The zero-order valence-corrected chi connectivity index (χ0v) is 27.3. The third-order valence-corrected chi connectivity index (χ3v) is 9.45. The van der Waals surface area contributed by atoms with Gasteiger partial charge in [-0.3, -0.25) is 13.9 Å². The Bertz CT molecular complexity index is 1410. The number of sulfonamides is 1. The number of ether oxygens (including phenoxy) is 1. The van der Waals surface area contributed by atoms with Gasteiger partial charge in [0.25, 0.3) is 10.0 Å². The number of nitrogens with zero attached hydrogens (tertiary/aromatic N) is 2. The fourth-order valence-corrected chi connectivity index (χ4v) is 6.42. The molecule has 3 aromatic rings. The maximum atomic E-state index is 14.2. The predicted octanol–water partition coefficient (Wildman–Crippen LogP) is 5.62. The number of benzene rings is 3. The summed E-state index contributed by atoms with van der Waals surface area (Å²) in [5, 5.41) is 2.96. The largest absolute Gasteiger partial charge is 0.494 e. The van der Waals surface area contributed by atoms with E-state index in [2.05, 4.69) is 5.32 Å². The minimum atomic E-state index is -4.14. The highest BCUT2D eigenvalue weighted by Gasteiger charge is 2.33. The van der Waals surface area contributed by atoms with Gasteiger partial charge >= 0.3 is 0 Å². The van der Waals surface area contributed by atoms with E-state index in [4.69, 9.17) is 4.74 Å². The molecule has 2 amide bonds. The standard InChI is InChI=1S/C33H43N3O5S2/c1-6-31(33(38)34-23-25(3)4)35(22-21-26-11-9-8-10-12-26)32(37)24-36(27-13-15-28(16-14-27)41-7-2)43(39,40)30-19-17-29(42-5)18-20-30/h8-20,25,31H,6-7,21-24H2,1-5H3,(H,34,38)/t31-/m1/s1. The van der Waals surface area contributed by atoms with Crippen LogP contribution in [0.15, 0.2) is 88.7 Å². The first kappa shape index (κ1) is 34.0. The van der Waals surface area contributed by atoms with Gasteiger partial charge in [-0.25, -0.2) is 8.42 Å². The number of carbonyl (C=O) groups is 2. The summed E-state index contributed by atoms with van der Waals surface area (Å²) < 4.78 is 34.8. The van der Waals surface area contributed by atoms with E-state index < -0.39 is 28.5 Å². The second-order valence-electron chi connectivity index (χ2n) is 10.5. The number of anilines is 1. The highest BCUT2D eigenvalue weighted by atomic mass is 32.2. The van der Waals surface area contributed by atoms with Gasteiger partial charge in [0.1, 0.15) is 18.3 Å². The summed E-state index contributed by atoms with van der Waals surface area (Å²) in [6.45, 7) is 8.48. The Balaban J connectivity index is 2.01. The van der Waals surface area contributed by atoms with Crippen molar-refractivity contribution in [3.63, 3.8) is 0 Å². The molecule has 43 heavy (non-hydrogen) atoms. The number of thioether (sulfide) groups is 1. The molecule has 0 bridgehead atoms. The second kappa shape index (κ2) is 16.4. The van der Waals surface area contributed by atoms with Crippen LogP contribution in [0.3, 0.4) is 0 Å². The minimum Gasteiger partial charge on any atom is -0.494 e. The van der Waals surface area contributed by atoms with Crippen LogP contribution in [0.1, 0.15) is 39.7 Å². The normalized spacial score (nSPS) is 12.0.